The molecule has 0 aromatic heterocycles. The summed E-state index contributed by atoms with van der Waals surface area (Å²) in [6.07, 6.45) is 0. The third-order valence-corrected chi connectivity index (χ3v) is 4.93. The van der Waals surface area contributed by atoms with Crippen LogP contribution in [0, 0.1) is 0 Å². The summed E-state index contributed by atoms with van der Waals surface area (Å²) in [5, 5.41) is 0. The highest BCUT2D eigenvalue weighted by Gasteiger charge is 2.39. The zero-order valence-electron chi connectivity index (χ0n) is 13.9. The van der Waals surface area contributed by atoms with Crippen molar-refractivity contribution in [3.63, 3.8) is 0 Å². The molecule has 2 atom stereocenters. The number of fused-ring (bicyclic) bond motifs is 1. The third-order valence-electron chi connectivity index (χ3n) is 4.93. The van der Waals surface area contributed by atoms with Crippen molar-refractivity contribution >= 4 is 0 Å². The molecule has 2 aliphatic rings. The lowest BCUT2D eigenvalue weighted by Gasteiger charge is -2.48. The van der Waals surface area contributed by atoms with Crippen molar-refractivity contribution in [2.24, 2.45) is 0 Å². The van der Waals surface area contributed by atoms with Gasteiger partial charge in [0.15, 0.2) is 0 Å². The van der Waals surface area contributed by atoms with E-state index in [2.05, 4.69) is 70.5 Å². The SMILES string of the molecule is c1ccc(CN2COCC3C2COCN3Cc2ccccc2)cc1. The maximum absolute atomic E-state index is 5.92. The normalized spacial score (nSPS) is 25.3. The van der Waals surface area contributed by atoms with Crippen molar-refractivity contribution in [2.75, 3.05) is 26.7 Å². The van der Waals surface area contributed by atoms with Gasteiger partial charge in [0.2, 0.25) is 0 Å². The van der Waals surface area contributed by atoms with Crippen molar-refractivity contribution in [2.45, 2.75) is 25.2 Å². The van der Waals surface area contributed by atoms with Crippen molar-refractivity contribution in [1.82, 2.24) is 9.80 Å². The van der Waals surface area contributed by atoms with Crippen LogP contribution in [0.5, 0.6) is 0 Å². The second kappa shape index (κ2) is 7.45. The molecule has 2 fully saturated rings. The molecule has 2 aromatic carbocycles. The fraction of sp³-hybridized carbons (Fsp3) is 0.400. The quantitative estimate of drug-likeness (QED) is 0.863. The first-order chi connectivity index (χ1) is 11.9. The minimum absolute atomic E-state index is 0.386. The Morgan fingerprint density at radius 3 is 1.50 bits per heavy atom. The summed E-state index contributed by atoms with van der Waals surface area (Å²) >= 11 is 0. The largest absolute Gasteiger partial charge is 0.364 e. The van der Waals surface area contributed by atoms with Crippen LogP contribution in [0.1, 0.15) is 11.1 Å². The Labute approximate surface area is 143 Å². The molecule has 0 N–H and O–H groups in total. The van der Waals surface area contributed by atoms with Gasteiger partial charge in [-0.25, -0.2) is 0 Å². The Hall–Kier alpha value is -1.72. The third kappa shape index (κ3) is 3.52. The van der Waals surface area contributed by atoms with Crippen molar-refractivity contribution in [3.8, 4) is 0 Å². The van der Waals surface area contributed by atoms with Crippen LogP contribution in [-0.4, -0.2) is 48.6 Å². The van der Waals surface area contributed by atoms with E-state index < -0.39 is 0 Å². The molecule has 0 bridgehead atoms. The lowest BCUT2D eigenvalue weighted by atomic mass is 10.0. The maximum atomic E-state index is 5.92. The van der Waals surface area contributed by atoms with Crippen molar-refractivity contribution in [1.29, 1.82) is 0 Å². The van der Waals surface area contributed by atoms with Crippen LogP contribution in [0.2, 0.25) is 0 Å². The molecule has 2 heterocycles. The van der Waals surface area contributed by atoms with Gasteiger partial charge >= 0.3 is 0 Å². The second-order valence-corrected chi connectivity index (χ2v) is 6.60. The van der Waals surface area contributed by atoms with Gasteiger partial charge in [0.1, 0.15) is 0 Å². The van der Waals surface area contributed by atoms with Gasteiger partial charge < -0.3 is 9.47 Å². The van der Waals surface area contributed by atoms with E-state index in [9.17, 15) is 0 Å². The van der Waals surface area contributed by atoms with Crippen molar-refractivity contribution in [3.05, 3.63) is 71.8 Å². The summed E-state index contributed by atoms with van der Waals surface area (Å²) in [4.78, 5) is 4.81. The molecule has 0 aliphatic carbocycles. The number of nitrogens with zero attached hydrogens (tertiary/aromatic N) is 2. The van der Waals surface area contributed by atoms with E-state index in [1.165, 1.54) is 11.1 Å². The molecule has 2 saturated heterocycles. The van der Waals surface area contributed by atoms with E-state index in [0.29, 0.717) is 25.5 Å². The molecule has 2 aliphatic heterocycles. The Balaban J connectivity index is 1.47. The van der Waals surface area contributed by atoms with Gasteiger partial charge in [0, 0.05) is 13.1 Å². The first-order valence-electron chi connectivity index (χ1n) is 8.61. The van der Waals surface area contributed by atoms with E-state index >= 15 is 0 Å². The summed E-state index contributed by atoms with van der Waals surface area (Å²) < 4.78 is 11.8. The van der Waals surface area contributed by atoms with Crippen LogP contribution >= 0.6 is 0 Å². The molecule has 0 spiro atoms. The van der Waals surface area contributed by atoms with E-state index in [0.717, 1.165) is 26.3 Å². The van der Waals surface area contributed by atoms with Gasteiger partial charge in [0.25, 0.3) is 0 Å². The van der Waals surface area contributed by atoms with Gasteiger partial charge in [-0.1, -0.05) is 60.7 Å². The average Bonchev–Trinajstić information content (AvgIpc) is 2.64. The zero-order valence-corrected chi connectivity index (χ0v) is 13.9. The first-order valence-corrected chi connectivity index (χ1v) is 8.61. The van der Waals surface area contributed by atoms with Crippen molar-refractivity contribution < 1.29 is 9.47 Å². The Bertz CT molecular complexity index is 577. The number of rotatable bonds is 4. The molecule has 2 unspecified atom stereocenters. The highest BCUT2D eigenvalue weighted by atomic mass is 16.5. The van der Waals surface area contributed by atoms with Crippen LogP contribution in [0.15, 0.2) is 60.7 Å². The topological polar surface area (TPSA) is 24.9 Å². The zero-order chi connectivity index (χ0) is 16.2. The molecule has 4 nitrogen and oxygen atoms in total. The minimum atomic E-state index is 0.386. The summed E-state index contributed by atoms with van der Waals surface area (Å²) in [5.74, 6) is 0. The smallest absolute Gasteiger partial charge is 0.0997 e. The summed E-state index contributed by atoms with van der Waals surface area (Å²) in [7, 11) is 0. The number of benzene rings is 2. The summed E-state index contributed by atoms with van der Waals surface area (Å²) in [6, 6.07) is 22.0. The number of hydrogen-bond acceptors (Lipinski definition) is 4. The predicted octanol–water partition coefficient (Wildman–Crippen LogP) is 2.70. The second-order valence-electron chi connectivity index (χ2n) is 6.60. The predicted molar refractivity (Wildman–Crippen MR) is 93.2 cm³/mol. The first kappa shape index (κ1) is 15.8. The van der Waals surface area contributed by atoms with Gasteiger partial charge in [0.05, 0.1) is 38.8 Å². The molecule has 0 radical (unpaired) electrons. The lowest BCUT2D eigenvalue weighted by molar-refractivity contribution is -0.177. The Kier molecular flexibility index (Phi) is 4.90. The minimum Gasteiger partial charge on any atom is -0.364 e. The van der Waals surface area contributed by atoms with Crippen LogP contribution in [0.4, 0.5) is 0 Å². The van der Waals surface area contributed by atoms with E-state index in [1.54, 1.807) is 0 Å². The highest BCUT2D eigenvalue weighted by Crippen LogP contribution is 2.25. The molecule has 2 aromatic rings. The fourth-order valence-corrected chi connectivity index (χ4v) is 3.65. The van der Waals surface area contributed by atoms with Gasteiger partial charge in [-0.2, -0.15) is 0 Å². The Morgan fingerprint density at radius 2 is 1.08 bits per heavy atom. The molecule has 4 rings (SSSR count). The molecule has 0 saturated carbocycles. The molecular formula is C20H24N2O2. The van der Waals surface area contributed by atoms with E-state index in [-0.39, 0.29) is 0 Å². The van der Waals surface area contributed by atoms with Crippen LogP contribution in [0.25, 0.3) is 0 Å². The fourth-order valence-electron chi connectivity index (χ4n) is 3.65. The molecular weight excluding hydrogens is 300 g/mol. The highest BCUT2D eigenvalue weighted by molar-refractivity contribution is 5.16. The molecule has 126 valence electrons. The average molecular weight is 324 g/mol. The van der Waals surface area contributed by atoms with Crippen LogP contribution in [0.3, 0.4) is 0 Å². The summed E-state index contributed by atoms with van der Waals surface area (Å²) in [5.41, 5.74) is 2.64. The monoisotopic (exact) mass is 324 g/mol. The molecule has 4 heteroatoms. The lowest BCUT2D eigenvalue weighted by Crippen LogP contribution is -2.62. The van der Waals surface area contributed by atoms with E-state index in [1.807, 2.05) is 0 Å². The number of ether oxygens (including phenoxy) is 2. The van der Waals surface area contributed by atoms with Crippen LogP contribution < -0.4 is 0 Å². The van der Waals surface area contributed by atoms with Gasteiger partial charge in [-0.15, -0.1) is 0 Å². The molecule has 24 heavy (non-hydrogen) atoms. The van der Waals surface area contributed by atoms with Crippen LogP contribution in [-0.2, 0) is 22.6 Å². The Morgan fingerprint density at radius 1 is 0.667 bits per heavy atom. The standard InChI is InChI=1S/C20H24N2O2/c1-3-7-17(8-4-1)11-21-15-23-14-20-19(21)13-24-16-22(20)12-18-9-5-2-6-10-18/h1-10,19-20H,11-16H2. The van der Waals surface area contributed by atoms with Gasteiger partial charge in [-0.05, 0) is 11.1 Å². The number of hydrogen-bond donors (Lipinski definition) is 0. The summed E-state index contributed by atoms with van der Waals surface area (Å²) in [6.45, 7) is 4.74. The van der Waals surface area contributed by atoms with Gasteiger partial charge in [-0.3, -0.25) is 9.80 Å². The maximum Gasteiger partial charge on any atom is 0.0997 e. The van der Waals surface area contributed by atoms with E-state index in [4.69, 9.17) is 9.47 Å². The molecule has 0 amide bonds.